The second-order valence-electron chi connectivity index (χ2n) is 7.14. The zero-order valence-electron chi connectivity index (χ0n) is 15.4. The average Bonchev–Trinajstić information content (AvgIpc) is 2.93. The summed E-state index contributed by atoms with van der Waals surface area (Å²) in [7, 11) is 1.40. The molecule has 152 valence electrons. The van der Waals surface area contributed by atoms with Gasteiger partial charge in [-0.2, -0.15) is 8.78 Å². The Morgan fingerprint density at radius 2 is 1.96 bits per heavy atom. The second kappa shape index (κ2) is 10.1. The van der Waals surface area contributed by atoms with Crippen LogP contribution in [0.1, 0.15) is 37.7 Å². The quantitative estimate of drug-likeness (QED) is 0.698. The molecule has 0 spiro atoms. The van der Waals surface area contributed by atoms with Crippen molar-refractivity contribution in [1.29, 1.82) is 0 Å². The lowest BCUT2D eigenvalue weighted by atomic mass is 9.89. The van der Waals surface area contributed by atoms with Gasteiger partial charge in [-0.05, 0) is 55.7 Å². The molecule has 1 aromatic rings. The summed E-state index contributed by atoms with van der Waals surface area (Å²) in [6, 6.07) is 6.08. The van der Waals surface area contributed by atoms with Crippen molar-refractivity contribution in [3.05, 3.63) is 23.8 Å². The summed E-state index contributed by atoms with van der Waals surface area (Å²) in [6.07, 6.45) is 5.73. The van der Waals surface area contributed by atoms with Crippen LogP contribution in [0.2, 0.25) is 0 Å². The summed E-state index contributed by atoms with van der Waals surface area (Å²) in [5.41, 5.74) is 0.807. The van der Waals surface area contributed by atoms with E-state index in [0.717, 1.165) is 18.4 Å². The molecule has 27 heavy (non-hydrogen) atoms. The fourth-order valence-electron chi connectivity index (χ4n) is 4.09. The Labute approximate surface area is 164 Å². The maximum atomic E-state index is 12.5. The number of benzene rings is 1. The number of hydrogen-bond acceptors (Lipinski definition) is 4. The standard InChI is InChI=1S/C19H26F2N2O3.ClH/c1-25-16-5-2-12(10-17(16)26-19(20)21)6-7-22-18(24)11-13-8-14-3-4-15(9-13)23-14;/h2,5,10,13-15,19,23H,3-4,6-9,11H2,1H3,(H,22,24);1H. The number of fused-ring (bicyclic) bond motifs is 2. The fourth-order valence-corrected chi connectivity index (χ4v) is 4.09. The van der Waals surface area contributed by atoms with E-state index in [1.54, 1.807) is 12.1 Å². The van der Waals surface area contributed by atoms with E-state index in [4.69, 9.17) is 4.74 Å². The highest BCUT2D eigenvalue weighted by Gasteiger charge is 2.34. The van der Waals surface area contributed by atoms with Crippen LogP contribution in [0.15, 0.2) is 18.2 Å². The Morgan fingerprint density at radius 3 is 2.59 bits per heavy atom. The van der Waals surface area contributed by atoms with Gasteiger partial charge in [-0.25, -0.2) is 0 Å². The van der Waals surface area contributed by atoms with Gasteiger partial charge < -0.3 is 20.1 Å². The summed E-state index contributed by atoms with van der Waals surface area (Å²) in [5, 5.41) is 6.52. The number of methoxy groups -OCH3 is 1. The SMILES string of the molecule is COc1ccc(CCNC(=O)CC2CC3CCC(C2)N3)cc1OC(F)F.Cl. The second-order valence-corrected chi connectivity index (χ2v) is 7.14. The summed E-state index contributed by atoms with van der Waals surface area (Å²) in [5.74, 6) is 0.796. The van der Waals surface area contributed by atoms with E-state index in [1.165, 1.54) is 26.0 Å². The van der Waals surface area contributed by atoms with Crippen molar-refractivity contribution in [1.82, 2.24) is 10.6 Å². The fraction of sp³-hybridized carbons (Fsp3) is 0.632. The Bertz CT molecular complexity index is 621. The van der Waals surface area contributed by atoms with Gasteiger partial charge in [0.1, 0.15) is 0 Å². The molecule has 2 atom stereocenters. The van der Waals surface area contributed by atoms with Gasteiger partial charge in [0, 0.05) is 25.0 Å². The lowest BCUT2D eigenvalue weighted by Gasteiger charge is -2.28. The third-order valence-corrected chi connectivity index (χ3v) is 5.22. The zero-order chi connectivity index (χ0) is 18.5. The summed E-state index contributed by atoms with van der Waals surface area (Å²) in [6.45, 7) is -2.43. The topological polar surface area (TPSA) is 59.6 Å². The Balaban J connectivity index is 0.00000261. The molecule has 2 N–H and O–H groups in total. The van der Waals surface area contributed by atoms with Crippen molar-refractivity contribution in [2.24, 2.45) is 5.92 Å². The van der Waals surface area contributed by atoms with Crippen LogP contribution in [0, 0.1) is 5.92 Å². The Kier molecular flexibility index (Phi) is 8.10. The van der Waals surface area contributed by atoms with Crippen LogP contribution >= 0.6 is 12.4 Å². The largest absolute Gasteiger partial charge is 0.493 e. The number of halogens is 3. The molecule has 5 nitrogen and oxygen atoms in total. The molecule has 2 saturated heterocycles. The van der Waals surface area contributed by atoms with Crippen LogP contribution in [0.3, 0.4) is 0 Å². The highest BCUT2D eigenvalue weighted by Crippen LogP contribution is 2.32. The molecule has 0 saturated carbocycles. The van der Waals surface area contributed by atoms with Crippen LogP contribution in [0.25, 0.3) is 0 Å². The first kappa shape index (κ1) is 21.7. The third kappa shape index (κ3) is 6.21. The number of hydrogen-bond donors (Lipinski definition) is 2. The number of carbonyl (C=O) groups excluding carboxylic acids is 1. The predicted octanol–water partition coefficient (Wildman–Crippen LogP) is 3.30. The normalized spacial score (nSPS) is 23.6. The molecule has 2 heterocycles. The maximum Gasteiger partial charge on any atom is 0.387 e. The van der Waals surface area contributed by atoms with Crippen molar-refractivity contribution in [3.8, 4) is 11.5 Å². The molecular formula is C19H27ClF2N2O3. The van der Waals surface area contributed by atoms with E-state index in [-0.39, 0.29) is 29.8 Å². The molecule has 2 bridgehead atoms. The van der Waals surface area contributed by atoms with Crippen molar-refractivity contribution in [3.63, 3.8) is 0 Å². The van der Waals surface area contributed by atoms with Gasteiger partial charge in [0.05, 0.1) is 7.11 Å². The van der Waals surface area contributed by atoms with Gasteiger partial charge in [0.2, 0.25) is 5.91 Å². The predicted molar refractivity (Wildman–Crippen MR) is 101 cm³/mol. The zero-order valence-corrected chi connectivity index (χ0v) is 16.2. The Hall–Kier alpha value is -1.60. The minimum Gasteiger partial charge on any atom is -0.493 e. The van der Waals surface area contributed by atoms with Crippen LogP contribution in [-0.4, -0.2) is 38.3 Å². The lowest BCUT2D eigenvalue weighted by molar-refractivity contribution is -0.122. The molecule has 0 radical (unpaired) electrons. The molecular weight excluding hydrogens is 378 g/mol. The minimum absolute atomic E-state index is 0. The summed E-state index contributed by atoms with van der Waals surface area (Å²) in [4.78, 5) is 12.2. The van der Waals surface area contributed by atoms with Crippen LogP contribution < -0.4 is 20.1 Å². The summed E-state index contributed by atoms with van der Waals surface area (Å²) < 4.78 is 34.4. The smallest absolute Gasteiger partial charge is 0.387 e. The average molecular weight is 405 g/mol. The van der Waals surface area contributed by atoms with E-state index >= 15 is 0 Å². The Morgan fingerprint density at radius 1 is 1.26 bits per heavy atom. The van der Waals surface area contributed by atoms with Gasteiger partial charge in [-0.3, -0.25) is 4.79 Å². The molecule has 3 rings (SSSR count). The van der Waals surface area contributed by atoms with Gasteiger partial charge in [-0.15, -0.1) is 12.4 Å². The first-order valence-electron chi connectivity index (χ1n) is 9.18. The highest BCUT2D eigenvalue weighted by molar-refractivity contribution is 5.85. The van der Waals surface area contributed by atoms with Crippen molar-refractivity contribution in [2.45, 2.75) is 57.2 Å². The van der Waals surface area contributed by atoms with E-state index in [2.05, 4.69) is 15.4 Å². The first-order chi connectivity index (χ1) is 12.5. The molecule has 2 fully saturated rings. The maximum absolute atomic E-state index is 12.5. The molecule has 8 heteroatoms. The van der Waals surface area contributed by atoms with E-state index < -0.39 is 6.61 Å². The monoisotopic (exact) mass is 404 g/mol. The number of amides is 1. The number of piperidine rings is 1. The molecule has 1 amide bonds. The van der Waals surface area contributed by atoms with Gasteiger partial charge in [0.25, 0.3) is 0 Å². The van der Waals surface area contributed by atoms with Crippen molar-refractivity contribution >= 4 is 18.3 Å². The number of ether oxygens (including phenoxy) is 2. The molecule has 0 aliphatic carbocycles. The van der Waals surface area contributed by atoms with Crippen LogP contribution in [-0.2, 0) is 11.2 Å². The highest BCUT2D eigenvalue weighted by atomic mass is 35.5. The van der Waals surface area contributed by atoms with Gasteiger partial charge in [-0.1, -0.05) is 6.07 Å². The van der Waals surface area contributed by atoms with Crippen molar-refractivity contribution < 1.29 is 23.0 Å². The van der Waals surface area contributed by atoms with E-state index in [1.807, 2.05) is 0 Å². The molecule has 1 aromatic carbocycles. The molecule has 2 unspecified atom stereocenters. The van der Waals surface area contributed by atoms with Gasteiger partial charge >= 0.3 is 6.61 Å². The number of alkyl halides is 2. The lowest BCUT2D eigenvalue weighted by Crippen LogP contribution is -2.39. The van der Waals surface area contributed by atoms with Crippen LogP contribution in [0.5, 0.6) is 11.5 Å². The molecule has 0 aromatic heterocycles. The minimum atomic E-state index is -2.90. The van der Waals surface area contributed by atoms with E-state index in [0.29, 0.717) is 37.4 Å². The van der Waals surface area contributed by atoms with E-state index in [9.17, 15) is 13.6 Å². The summed E-state index contributed by atoms with van der Waals surface area (Å²) >= 11 is 0. The van der Waals surface area contributed by atoms with Crippen molar-refractivity contribution in [2.75, 3.05) is 13.7 Å². The molecule has 2 aliphatic rings. The number of nitrogens with one attached hydrogen (secondary N) is 2. The number of carbonyl (C=O) groups is 1. The molecule has 2 aliphatic heterocycles. The number of rotatable bonds is 8. The first-order valence-corrected chi connectivity index (χ1v) is 9.18. The third-order valence-electron chi connectivity index (χ3n) is 5.22. The van der Waals surface area contributed by atoms with Gasteiger partial charge in [0.15, 0.2) is 11.5 Å². The van der Waals surface area contributed by atoms with Crippen LogP contribution in [0.4, 0.5) is 8.78 Å².